The number of rotatable bonds is 3. The number of hydrogen-bond acceptors (Lipinski definition) is 4. The van der Waals surface area contributed by atoms with Crippen LogP contribution >= 0.6 is 0 Å². The Kier molecular flexibility index (Phi) is 5.69. The first-order valence-electron chi connectivity index (χ1n) is 3.96. The van der Waals surface area contributed by atoms with Crippen molar-refractivity contribution in [3.63, 3.8) is 0 Å². The van der Waals surface area contributed by atoms with Crippen LogP contribution in [-0.4, -0.2) is 42.7 Å². The molecule has 1 saturated heterocycles. The zero-order chi connectivity index (χ0) is 9.61. The van der Waals surface area contributed by atoms with Crippen molar-refractivity contribution >= 4 is 8.80 Å². The second-order valence-electron chi connectivity index (χ2n) is 2.78. The standard InChI is InChI=1S/C4H12O3Si.C3H7N/c1-5-8(4,6-2)7-3;1-3-2-4-3/h1-4H3;3-4H,2H2,1H3. The van der Waals surface area contributed by atoms with Crippen molar-refractivity contribution in [1.29, 1.82) is 0 Å². The third-order valence-corrected chi connectivity index (χ3v) is 3.95. The van der Waals surface area contributed by atoms with Gasteiger partial charge in [-0.1, -0.05) is 0 Å². The Bertz CT molecular complexity index is 107. The van der Waals surface area contributed by atoms with Gasteiger partial charge in [-0.05, 0) is 6.92 Å². The summed E-state index contributed by atoms with van der Waals surface area (Å²) in [6.45, 7) is 5.23. The first kappa shape index (κ1) is 12.1. The van der Waals surface area contributed by atoms with Crippen LogP contribution in [0.2, 0.25) is 6.55 Å². The summed E-state index contributed by atoms with van der Waals surface area (Å²) in [5, 5.41) is 3.10. The average Bonchev–Trinajstić information content (AvgIpc) is 2.87. The Balaban J connectivity index is 0.000000247. The van der Waals surface area contributed by atoms with Crippen molar-refractivity contribution in [3.05, 3.63) is 0 Å². The van der Waals surface area contributed by atoms with Gasteiger partial charge in [0.25, 0.3) is 0 Å². The summed E-state index contributed by atoms with van der Waals surface area (Å²) in [4.78, 5) is 0. The van der Waals surface area contributed by atoms with Gasteiger partial charge in [0.15, 0.2) is 0 Å². The molecule has 0 spiro atoms. The lowest BCUT2D eigenvalue weighted by Crippen LogP contribution is -2.38. The molecule has 0 amide bonds. The summed E-state index contributed by atoms with van der Waals surface area (Å²) < 4.78 is 14.8. The molecule has 1 atom stereocenters. The second kappa shape index (κ2) is 5.66. The average molecular weight is 193 g/mol. The monoisotopic (exact) mass is 193 g/mol. The van der Waals surface area contributed by atoms with Gasteiger partial charge in [-0.2, -0.15) is 0 Å². The Morgan fingerprint density at radius 2 is 1.42 bits per heavy atom. The topological polar surface area (TPSA) is 49.6 Å². The summed E-state index contributed by atoms with van der Waals surface area (Å²) >= 11 is 0. The molecule has 0 aliphatic carbocycles. The molecule has 0 aromatic carbocycles. The van der Waals surface area contributed by atoms with Crippen LogP contribution in [0.5, 0.6) is 0 Å². The van der Waals surface area contributed by atoms with Gasteiger partial charge in [0, 0.05) is 40.5 Å². The van der Waals surface area contributed by atoms with Crippen LogP contribution in [0.3, 0.4) is 0 Å². The molecular weight excluding hydrogens is 174 g/mol. The lowest BCUT2D eigenvalue weighted by atomic mass is 10.6. The molecule has 0 radical (unpaired) electrons. The van der Waals surface area contributed by atoms with Gasteiger partial charge in [0.05, 0.1) is 0 Å². The van der Waals surface area contributed by atoms with E-state index >= 15 is 0 Å². The normalized spacial score (nSPS) is 21.2. The van der Waals surface area contributed by atoms with Crippen LogP contribution in [0, 0.1) is 0 Å². The predicted octanol–water partition coefficient (Wildman–Crippen LogP) is 0.472. The summed E-state index contributed by atoms with van der Waals surface area (Å²) in [5.41, 5.74) is 0. The van der Waals surface area contributed by atoms with E-state index in [-0.39, 0.29) is 0 Å². The summed E-state index contributed by atoms with van der Waals surface area (Å²) in [7, 11) is 2.58. The van der Waals surface area contributed by atoms with Crippen molar-refractivity contribution in [3.8, 4) is 0 Å². The molecule has 0 bridgehead atoms. The van der Waals surface area contributed by atoms with E-state index in [2.05, 4.69) is 12.2 Å². The highest BCUT2D eigenvalue weighted by atomic mass is 28.4. The lowest BCUT2D eigenvalue weighted by Gasteiger charge is -2.18. The molecule has 1 unspecified atom stereocenters. The van der Waals surface area contributed by atoms with Gasteiger partial charge in [0.2, 0.25) is 0 Å². The van der Waals surface area contributed by atoms with Crippen LogP contribution in [0.25, 0.3) is 0 Å². The molecule has 1 aliphatic heterocycles. The van der Waals surface area contributed by atoms with E-state index in [0.29, 0.717) is 0 Å². The van der Waals surface area contributed by atoms with Gasteiger partial charge in [-0.25, -0.2) is 0 Å². The second-order valence-corrected chi connectivity index (χ2v) is 5.73. The lowest BCUT2D eigenvalue weighted by molar-refractivity contribution is 0.132. The Labute approximate surface area is 75.6 Å². The third kappa shape index (κ3) is 5.67. The fraction of sp³-hybridized carbons (Fsp3) is 1.00. The van der Waals surface area contributed by atoms with Crippen molar-refractivity contribution in [2.45, 2.75) is 19.5 Å². The quantitative estimate of drug-likeness (QED) is 0.523. The van der Waals surface area contributed by atoms with Crippen molar-refractivity contribution in [2.24, 2.45) is 0 Å². The fourth-order valence-corrected chi connectivity index (χ4v) is 0.868. The maximum atomic E-state index is 4.93. The third-order valence-electron chi connectivity index (χ3n) is 1.72. The molecule has 0 saturated carbocycles. The molecule has 74 valence electrons. The van der Waals surface area contributed by atoms with Crippen molar-refractivity contribution < 1.29 is 13.3 Å². The maximum absolute atomic E-state index is 4.93. The SMILES string of the molecule is CC1CN1.CO[Si](C)(OC)OC. The van der Waals surface area contributed by atoms with Crippen molar-refractivity contribution in [1.82, 2.24) is 5.32 Å². The molecule has 5 heteroatoms. The molecule has 1 N–H and O–H groups in total. The van der Waals surface area contributed by atoms with Gasteiger partial charge in [-0.3, -0.25) is 0 Å². The van der Waals surface area contributed by atoms with Gasteiger partial charge in [-0.15, -0.1) is 0 Å². The van der Waals surface area contributed by atoms with Gasteiger partial charge < -0.3 is 18.6 Å². The molecule has 0 aromatic heterocycles. The number of hydrogen-bond donors (Lipinski definition) is 1. The summed E-state index contributed by atoms with van der Waals surface area (Å²) in [6, 6.07) is 0.833. The fourth-order valence-electron chi connectivity index (χ4n) is 0.368. The summed E-state index contributed by atoms with van der Waals surface area (Å²) in [6.07, 6.45) is 0. The smallest absolute Gasteiger partial charge is 0.377 e. The molecule has 12 heavy (non-hydrogen) atoms. The van der Waals surface area contributed by atoms with E-state index in [4.69, 9.17) is 13.3 Å². The van der Waals surface area contributed by atoms with E-state index in [1.165, 1.54) is 6.54 Å². The van der Waals surface area contributed by atoms with E-state index in [1.807, 2.05) is 6.55 Å². The molecule has 1 heterocycles. The van der Waals surface area contributed by atoms with Crippen LogP contribution in [0.1, 0.15) is 6.92 Å². The van der Waals surface area contributed by atoms with Crippen LogP contribution < -0.4 is 5.32 Å². The first-order chi connectivity index (χ1) is 5.58. The van der Waals surface area contributed by atoms with E-state index in [9.17, 15) is 0 Å². The van der Waals surface area contributed by atoms with Gasteiger partial charge >= 0.3 is 8.80 Å². The molecule has 0 aromatic rings. The van der Waals surface area contributed by atoms with Crippen LogP contribution in [0.15, 0.2) is 0 Å². The highest BCUT2D eigenvalue weighted by Crippen LogP contribution is 2.02. The minimum absolute atomic E-state index is 0.833. The molecule has 1 rings (SSSR count). The summed E-state index contributed by atoms with van der Waals surface area (Å²) in [5.74, 6) is 0. The largest absolute Gasteiger partial charge is 0.496 e. The van der Waals surface area contributed by atoms with Crippen LogP contribution in [-0.2, 0) is 13.3 Å². The molecule has 1 fully saturated rings. The van der Waals surface area contributed by atoms with Crippen molar-refractivity contribution in [2.75, 3.05) is 27.9 Å². The zero-order valence-electron chi connectivity index (χ0n) is 8.51. The number of nitrogens with one attached hydrogen (secondary N) is 1. The first-order valence-corrected chi connectivity index (χ1v) is 6.19. The Hall–Kier alpha value is 0.0569. The van der Waals surface area contributed by atoms with Gasteiger partial charge in [0.1, 0.15) is 0 Å². The van der Waals surface area contributed by atoms with Crippen LogP contribution in [0.4, 0.5) is 0 Å². The van der Waals surface area contributed by atoms with E-state index in [1.54, 1.807) is 21.3 Å². The molecular formula is C7H19NO3Si. The Morgan fingerprint density at radius 1 is 1.17 bits per heavy atom. The maximum Gasteiger partial charge on any atom is 0.496 e. The zero-order valence-corrected chi connectivity index (χ0v) is 9.51. The Morgan fingerprint density at radius 3 is 1.42 bits per heavy atom. The predicted molar refractivity (Wildman–Crippen MR) is 50.1 cm³/mol. The highest BCUT2D eigenvalue weighted by Gasteiger charge is 2.29. The molecule has 1 aliphatic rings. The minimum Gasteiger partial charge on any atom is -0.377 e. The van der Waals surface area contributed by atoms with E-state index < -0.39 is 8.80 Å². The molecule has 4 nitrogen and oxygen atoms in total. The van der Waals surface area contributed by atoms with E-state index in [0.717, 1.165) is 6.04 Å². The minimum atomic E-state index is -2.17. The highest BCUT2D eigenvalue weighted by molar-refractivity contribution is 6.58.